The first kappa shape index (κ1) is 15.9. The summed E-state index contributed by atoms with van der Waals surface area (Å²) in [4.78, 5) is 4.26. The number of phenols is 1. The number of hydrogen-bond donors (Lipinski definition) is 1. The molecule has 0 saturated heterocycles. The molecule has 0 amide bonds. The van der Waals surface area contributed by atoms with Crippen molar-refractivity contribution < 1.29 is 5.11 Å². The first-order chi connectivity index (χ1) is 11.7. The normalized spacial score (nSPS) is 10.4. The molecule has 0 bridgehead atoms. The number of nitrogens with zero attached hydrogens (tertiary/aromatic N) is 1. The zero-order valence-corrected chi connectivity index (χ0v) is 13.5. The van der Waals surface area contributed by atoms with Crippen molar-refractivity contribution in [3.05, 3.63) is 94.5 Å². The van der Waals surface area contributed by atoms with Gasteiger partial charge in [0, 0.05) is 22.4 Å². The van der Waals surface area contributed by atoms with Crippen LogP contribution in [0, 0.1) is 11.8 Å². The Labute approximate surface area is 146 Å². The molecule has 3 aromatic carbocycles. The van der Waals surface area contributed by atoms with Crippen LogP contribution >= 0.6 is 11.6 Å². The van der Waals surface area contributed by atoms with Crippen LogP contribution in [0.15, 0.2) is 77.8 Å². The van der Waals surface area contributed by atoms with Crippen molar-refractivity contribution in [3.63, 3.8) is 0 Å². The van der Waals surface area contributed by atoms with Gasteiger partial charge in [-0.1, -0.05) is 53.8 Å². The molecule has 0 atom stereocenters. The molecule has 0 radical (unpaired) electrons. The van der Waals surface area contributed by atoms with Crippen molar-refractivity contribution in [2.75, 3.05) is 0 Å². The van der Waals surface area contributed by atoms with E-state index in [1.807, 2.05) is 54.6 Å². The van der Waals surface area contributed by atoms with Gasteiger partial charge in [0.25, 0.3) is 0 Å². The lowest BCUT2D eigenvalue weighted by atomic mass is 10.1. The number of halogens is 1. The fraction of sp³-hybridized carbons (Fsp3) is 0. The maximum Gasteiger partial charge on any atom is 0.141 e. The van der Waals surface area contributed by atoms with Crippen molar-refractivity contribution in [3.8, 4) is 17.6 Å². The van der Waals surface area contributed by atoms with E-state index in [2.05, 4.69) is 16.8 Å². The minimum absolute atomic E-state index is 0.0981. The van der Waals surface area contributed by atoms with Gasteiger partial charge in [-0.15, -0.1) is 0 Å². The predicted molar refractivity (Wildman–Crippen MR) is 99.2 cm³/mol. The van der Waals surface area contributed by atoms with Gasteiger partial charge in [-0.25, -0.2) is 0 Å². The largest absolute Gasteiger partial charge is 0.506 e. The second-order valence-electron chi connectivity index (χ2n) is 5.13. The summed E-state index contributed by atoms with van der Waals surface area (Å²) in [7, 11) is 0. The summed E-state index contributed by atoms with van der Waals surface area (Å²) in [6.07, 6.45) is 1.68. The molecule has 2 nitrogen and oxygen atoms in total. The summed E-state index contributed by atoms with van der Waals surface area (Å²) in [5.74, 6) is 6.35. The van der Waals surface area contributed by atoms with Crippen LogP contribution in [0.4, 0.5) is 5.69 Å². The van der Waals surface area contributed by atoms with Crippen LogP contribution in [-0.2, 0) is 0 Å². The number of benzene rings is 3. The molecule has 0 aliphatic carbocycles. The molecule has 0 spiro atoms. The lowest BCUT2D eigenvalue weighted by Gasteiger charge is -1.99. The van der Waals surface area contributed by atoms with Gasteiger partial charge in [-0.05, 0) is 48.0 Å². The SMILES string of the molecule is Oc1ccc(Cl)cc1N=Cc1ccc(C#Cc2ccccc2)cc1. The maximum absolute atomic E-state index is 9.74. The molecule has 116 valence electrons. The van der Waals surface area contributed by atoms with Crippen molar-refractivity contribution in [2.45, 2.75) is 0 Å². The molecule has 0 aliphatic heterocycles. The highest BCUT2D eigenvalue weighted by Gasteiger charge is 1.99. The lowest BCUT2D eigenvalue weighted by molar-refractivity contribution is 0.477. The highest BCUT2D eigenvalue weighted by Crippen LogP contribution is 2.29. The smallest absolute Gasteiger partial charge is 0.141 e. The molecule has 0 heterocycles. The van der Waals surface area contributed by atoms with Crippen LogP contribution in [0.1, 0.15) is 16.7 Å². The van der Waals surface area contributed by atoms with Crippen molar-refractivity contribution in [1.29, 1.82) is 0 Å². The van der Waals surface area contributed by atoms with E-state index in [-0.39, 0.29) is 5.75 Å². The third kappa shape index (κ3) is 4.25. The Balaban J connectivity index is 1.74. The number of aromatic hydroxyl groups is 1. The third-order valence-electron chi connectivity index (χ3n) is 3.33. The van der Waals surface area contributed by atoms with Gasteiger partial charge >= 0.3 is 0 Å². The maximum atomic E-state index is 9.74. The second kappa shape index (κ2) is 7.50. The van der Waals surface area contributed by atoms with Gasteiger partial charge in [-0.3, -0.25) is 4.99 Å². The highest BCUT2D eigenvalue weighted by molar-refractivity contribution is 6.30. The zero-order valence-electron chi connectivity index (χ0n) is 12.8. The molecule has 3 rings (SSSR count). The summed E-state index contributed by atoms with van der Waals surface area (Å²) in [6.45, 7) is 0. The molecule has 24 heavy (non-hydrogen) atoms. The molecular formula is C21H14ClNO. The molecule has 3 aromatic rings. The Kier molecular flexibility index (Phi) is 4.96. The van der Waals surface area contributed by atoms with Gasteiger partial charge < -0.3 is 5.11 Å². The summed E-state index contributed by atoms with van der Waals surface area (Å²) < 4.78 is 0. The summed E-state index contributed by atoms with van der Waals surface area (Å²) in [5, 5.41) is 10.3. The average Bonchev–Trinajstić information content (AvgIpc) is 2.62. The molecular weight excluding hydrogens is 318 g/mol. The van der Waals surface area contributed by atoms with E-state index in [9.17, 15) is 5.11 Å². The van der Waals surface area contributed by atoms with E-state index >= 15 is 0 Å². The zero-order chi connectivity index (χ0) is 16.8. The number of aliphatic imine (C=N–C) groups is 1. The van der Waals surface area contributed by atoms with E-state index in [1.54, 1.807) is 18.3 Å². The van der Waals surface area contributed by atoms with Gasteiger partial charge in [0.1, 0.15) is 11.4 Å². The van der Waals surface area contributed by atoms with E-state index in [0.29, 0.717) is 10.7 Å². The van der Waals surface area contributed by atoms with Gasteiger partial charge in [0.15, 0.2) is 0 Å². The minimum atomic E-state index is 0.0981. The quantitative estimate of drug-likeness (QED) is 0.508. The van der Waals surface area contributed by atoms with Crippen molar-refractivity contribution in [2.24, 2.45) is 4.99 Å². The van der Waals surface area contributed by atoms with Crippen LogP contribution in [-0.4, -0.2) is 11.3 Å². The van der Waals surface area contributed by atoms with Crippen LogP contribution < -0.4 is 0 Å². The summed E-state index contributed by atoms with van der Waals surface area (Å²) in [6, 6.07) is 22.4. The Hall–Kier alpha value is -3.02. The van der Waals surface area contributed by atoms with Gasteiger partial charge in [0.2, 0.25) is 0 Å². The van der Waals surface area contributed by atoms with Crippen molar-refractivity contribution in [1.82, 2.24) is 0 Å². The fourth-order valence-electron chi connectivity index (χ4n) is 2.06. The molecule has 1 N–H and O–H groups in total. The minimum Gasteiger partial charge on any atom is -0.506 e. The first-order valence-electron chi connectivity index (χ1n) is 7.40. The summed E-state index contributed by atoms with van der Waals surface area (Å²) >= 11 is 5.90. The topological polar surface area (TPSA) is 32.6 Å². The Morgan fingerprint density at radius 1 is 0.833 bits per heavy atom. The second-order valence-corrected chi connectivity index (χ2v) is 5.57. The number of hydrogen-bond acceptors (Lipinski definition) is 2. The van der Waals surface area contributed by atoms with Gasteiger partial charge in [-0.2, -0.15) is 0 Å². The predicted octanol–water partition coefficient (Wildman–Crippen LogP) is 5.20. The molecule has 0 aliphatic rings. The van der Waals surface area contributed by atoms with E-state index < -0.39 is 0 Å². The van der Waals surface area contributed by atoms with E-state index in [4.69, 9.17) is 11.6 Å². The van der Waals surface area contributed by atoms with E-state index in [1.165, 1.54) is 6.07 Å². The molecule has 0 aromatic heterocycles. The van der Waals surface area contributed by atoms with Crippen LogP contribution in [0.2, 0.25) is 5.02 Å². The first-order valence-corrected chi connectivity index (χ1v) is 7.78. The highest BCUT2D eigenvalue weighted by atomic mass is 35.5. The van der Waals surface area contributed by atoms with Crippen LogP contribution in [0.5, 0.6) is 5.75 Å². The Morgan fingerprint density at radius 2 is 1.50 bits per heavy atom. The standard InChI is InChI=1S/C21H14ClNO/c22-19-12-13-21(24)20(14-19)23-15-18-10-8-17(9-11-18)7-6-16-4-2-1-3-5-16/h1-5,8-15,24H. The monoisotopic (exact) mass is 331 g/mol. The Morgan fingerprint density at radius 3 is 2.21 bits per heavy atom. The molecule has 0 saturated carbocycles. The van der Waals surface area contributed by atoms with Gasteiger partial charge in [0.05, 0.1) is 0 Å². The van der Waals surface area contributed by atoms with Crippen LogP contribution in [0.25, 0.3) is 0 Å². The third-order valence-corrected chi connectivity index (χ3v) is 3.56. The molecule has 0 unspecified atom stereocenters. The van der Waals surface area contributed by atoms with Crippen LogP contribution in [0.3, 0.4) is 0 Å². The van der Waals surface area contributed by atoms with Crippen molar-refractivity contribution >= 4 is 23.5 Å². The molecule has 0 fully saturated rings. The number of rotatable bonds is 2. The molecule has 3 heteroatoms. The summed E-state index contributed by atoms with van der Waals surface area (Å²) in [5.41, 5.74) is 3.27. The Bertz CT molecular complexity index is 920. The number of phenolic OH excluding ortho intramolecular Hbond substituents is 1. The lowest BCUT2D eigenvalue weighted by Crippen LogP contribution is -1.82. The van der Waals surface area contributed by atoms with E-state index in [0.717, 1.165) is 16.7 Å². The average molecular weight is 332 g/mol. The fourth-order valence-corrected chi connectivity index (χ4v) is 2.23.